The van der Waals surface area contributed by atoms with Crippen LogP contribution in [-0.2, 0) is 13.0 Å². The van der Waals surface area contributed by atoms with Crippen LogP contribution in [0.5, 0.6) is 11.5 Å². The van der Waals surface area contributed by atoms with E-state index in [4.69, 9.17) is 4.74 Å². The lowest BCUT2D eigenvalue weighted by Gasteiger charge is -2.11. The number of benzene rings is 2. The van der Waals surface area contributed by atoms with Crippen LogP contribution < -0.4 is 4.74 Å². The van der Waals surface area contributed by atoms with Crippen molar-refractivity contribution in [1.82, 2.24) is 0 Å². The Morgan fingerprint density at radius 1 is 1.11 bits per heavy atom. The van der Waals surface area contributed by atoms with Gasteiger partial charge in [-0.25, -0.2) is 0 Å². The van der Waals surface area contributed by atoms with Crippen molar-refractivity contribution in [3.8, 4) is 11.5 Å². The molecule has 0 bridgehead atoms. The predicted octanol–water partition coefficient (Wildman–Crippen LogP) is 3.70. The van der Waals surface area contributed by atoms with Gasteiger partial charge in [-0.2, -0.15) is 0 Å². The number of aromatic hydroxyl groups is 1. The molecule has 0 aliphatic rings. The first-order chi connectivity index (χ1) is 8.79. The fraction of sp³-hybridized carbons (Fsp3) is 0.125. The van der Waals surface area contributed by atoms with Crippen LogP contribution >= 0.6 is 0 Å². The average Bonchev–Trinajstić information content (AvgIpc) is 2.40. The van der Waals surface area contributed by atoms with Gasteiger partial charge >= 0.3 is 0 Å². The number of ether oxygens (including phenoxy) is 1. The Morgan fingerprint density at radius 3 is 2.61 bits per heavy atom. The normalized spacial score (nSPS) is 10.0. The molecule has 0 aliphatic carbocycles. The van der Waals surface area contributed by atoms with Crippen LogP contribution in [0.3, 0.4) is 0 Å². The second kappa shape index (κ2) is 5.92. The molecule has 0 saturated heterocycles. The van der Waals surface area contributed by atoms with E-state index in [9.17, 15) is 5.11 Å². The number of hydrogen-bond donors (Lipinski definition) is 1. The third kappa shape index (κ3) is 3.14. The summed E-state index contributed by atoms with van der Waals surface area (Å²) in [6, 6.07) is 15.1. The van der Waals surface area contributed by atoms with Gasteiger partial charge in [0.05, 0.1) is 0 Å². The fourth-order valence-corrected chi connectivity index (χ4v) is 1.74. The minimum atomic E-state index is 0.214. The standard InChI is InChI=1S/C16H16O2/c1-2-6-14-9-10-15(17)11-16(14)18-12-13-7-4-3-5-8-13/h2-5,7-11,17H,1,6,12H2. The molecule has 0 atom stereocenters. The maximum absolute atomic E-state index is 9.50. The molecular formula is C16H16O2. The number of hydrogen-bond acceptors (Lipinski definition) is 2. The first-order valence-corrected chi connectivity index (χ1v) is 5.89. The largest absolute Gasteiger partial charge is 0.508 e. The van der Waals surface area contributed by atoms with Gasteiger partial charge in [0.1, 0.15) is 18.1 Å². The first-order valence-electron chi connectivity index (χ1n) is 5.89. The molecule has 2 nitrogen and oxygen atoms in total. The SMILES string of the molecule is C=CCc1ccc(O)cc1OCc1ccccc1. The van der Waals surface area contributed by atoms with E-state index in [1.807, 2.05) is 42.5 Å². The van der Waals surface area contributed by atoms with Crippen LogP contribution in [0.4, 0.5) is 0 Å². The van der Waals surface area contributed by atoms with Crippen molar-refractivity contribution in [3.05, 3.63) is 72.3 Å². The average molecular weight is 240 g/mol. The molecule has 0 heterocycles. The molecule has 0 saturated carbocycles. The van der Waals surface area contributed by atoms with Gasteiger partial charge in [-0.05, 0) is 23.6 Å². The Balaban J connectivity index is 2.12. The third-order valence-electron chi connectivity index (χ3n) is 2.65. The van der Waals surface area contributed by atoms with E-state index in [0.29, 0.717) is 12.4 Å². The Kier molecular flexibility index (Phi) is 4.02. The van der Waals surface area contributed by atoms with Crippen molar-refractivity contribution < 1.29 is 9.84 Å². The monoisotopic (exact) mass is 240 g/mol. The molecule has 0 fully saturated rings. The zero-order valence-corrected chi connectivity index (χ0v) is 10.2. The maximum atomic E-state index is 9.50. The summed E-state index contributed by atoms with van der Waals surface area (Å²) in [6.07, 6.45) is 2.55. The molecular weight excluding hydrogens is 224 g/mol. The van der Waals surface area contributed by atoms with E-state index in [2.05, 4.69) is 6.58 Å². The lowest BCUT2D eigenvalue weighted by molar-refractivity contribution is 0.301. The Bertz CT molecular complexity index is 518. The lowest BCUT2D eigenvalue weighted by atomic mass is 10.1. The van der Waals surface area contributed by atoms with Gasteiger partial charge < -0.3 is 9.84 Å². The van der Waals surface area contributed by atoms with E-state index >= 15 is 0 Å². The molecule has 92 valence electrons. The Morgan fingerprint density at radius 2 is 1.89 bits per heavy atom. The molecule has 18 heavy (non-hydrogen) atoms. The summed E-state index contributed by atoms with van der Waals surface area (Å²) in [4.78, 5) is 0. The topological polar surface area (TPSA) is 29.5 Å². The van der Waals surface area contributed by atoms with Crippen LogP contribution in [0, 0.1) is 0 Å². The zero-order valence-electron chi connectivity index (χ0n) is 10.2. The second-order valence-corrected chi connectivity index (χ2v) is 4.06. The molecule has 1 N–H and O–H groups in total. The zero-order chi connectivity index (χ0) is 12.8. The van der Waals surface area contributed by atoms with Crippen molar-refractivity contribution >= 4 is 0 Å². The van der Waals surface area contributed by atoms with Crippen molar-refractivity contribution in [2.45, 2.75) is 13.0 Å². The predicted molar refractivity (Wildman–Crippen MR) is 72.8 cm³/mol. The number of allylic oxidation sites excluding steroid dienone is 1. The third-order valence-corrected chi connectivity index (χ3v) is 2.65. The molecule has 0 spiro atoms. The first kappa shape index (κ1) is 12.2. The lowest BCUT2D eigenvalue weighted by Crippen LogP contribution is -1.98. The summed E-state index contributed by atoms with van der Waals surface area (Å²) < 4.78 is 5.75. The van der Waals surface area contributed by atoms with Crippen LogP contribution in [0.15, 0.2) is 61.2 Å². The minimum Gasteiger partial charge on any atom is -0.508 e. The number of phenolic OH excluding ortho intramolecular Hbond substituents is 1. The highest BCUT2D eigenvalue weighted by Gasteiger charge is 2.04. The molecule has 0 aliphatic heterocycles. The summed E-state index contributed by atoms with van der Waals surface area (Å²) in [5.74, 6) is 0.921. The highest BCUT2D eigenvalue weighted by molar-refractivity contribution is 5.41. The Labute approximate surface area is 107 Å². The van der Waals surface area contributed by atoms with Crippen molar-refractivity contribution in [3.63, 3.8) is 0 Å². The van der Waals surface area contributed by atoms with Crippen molar-refractivity contribution in [2.75, 3.05) is 0 Å². The second-order valence-electron chi connectivity index (χ2n) is 4.06. The minimum absolute atomic E-state index is 0.214. The number of phenols is 1. The summed E-state index contributed by atoms with van der Waals surface area (Å²) in [5.41, 5.74) is 2.13. The van der Waals surface area contributed by atoms with E-state index in [1.165, 1.54) is 0 Å². The molecule has 0 amide bonds. The van der Waals surface area contributed by atoms with E-state index < -0.39 is 0 Å². The van der Waals surface area contributed by atoms with Gasteiger partial charge in [0, 0.05) is 6.07 Å². The summed E-state index contributed by atoms with van der Waals surface area (Å²) in [7, 11) is 0. The van der Waals surface area contributed by atoms with E-state index in [1.54, 1.807) is 12.1 Å². The molecule has 2 aromatic rings. The van der Waals surface area contributed by atoms with Crippen LogP contribution in [0.2, 0.25) is 0 Å². The van der Waals surface area contributed by atoms with Crippen LogP contribution in [0.1, 0.15) is 11.1 Å². The van der Waals surface area contributed by atoms with Crippen LogP contribution in [0.25, 0.3) is 0 Å². The smallest absolute Gasteiger partial charge is 0.127 e. The molecule has 0 unspecified atom stereocenters. The molecule has 0 aromatic heterocycles. The van der Waals surface area contributed by atoms with Crippen LogP contribution in [-0.4, -0.2) is 5.11 Å². The van der Waals surface area contributed by atoms with Gasteiger partial charge in [0.15, 0.2) is 0 Å². The van der Waals surface area contributed by atoms with E-state index in [-0.39, 0.29) is 5.75 Å². The van der Waals surface area contributed by atoms with Gasteiger partial charge in [0.2, 0.25) is 0 Å². The maximum Gasteiger partial charge on any atom is 0.127 e. The molecule has 2 heteroatoms. The summed E-state index contributed by atoms with van der Waals surface area (Å²) >= 11 is 0. The molecule has 2 rings (SSSR count). The fourth-order valence-electron chi connectivity index (χ4n) is 1.74. The number of rotatable bonds is 5. The quantitative estimate of drug-likeness (QED) is 0.807. The van der Waals surface area contributed by atoms with E-state index in [0.717, 1.165) is 17.5 Å². The van der Waals surface area contributed by atoms with Crippen molar-refractivity contribution in [1.29, 1.82) is 0 Å². The van der Waals surface area contributed by atoms with Gasteiger partial charge in [-0.3, -0.25) is 0 Å². The summed E-state index contributed by atoms with van der Waals surface area (Å²) in [6.45, 7) is 4.21. The highest BCUT2D eigenvalue weighted by atomic mass is 16.5. The van der Waals surface area contributed by atoms with Gasteiger partial charge in [-0.1, -0.05) is 42.5 Å². The van der Waals surface area contributed by atoms with Gasteiger partial charge in [0.25, 0.3) is 0 Å². The molecule has 2 aromatic carbocycles. The van der Waals surface area contributed by atoms with Crippen molar-refractivity contribution in [2.24, 2.45) is 0 Å². The summed E-state index contributed by atoms with van der Waals surface area (Å²) in [5, 5.41) is 9.50. The molecule has 0 radical (unpaired) electrons. The van der Waals surface area contributed by atoms with Gasteiger partial charge in [-0.15, -0.1) is 6.58 Å². The Hall–Kier alpha value is -2.22. The highest BCUT2D eigenvalue weighted by Crippen LogP contribution is 2.25.